The van der Waals surface area contributed by atoms with E-state index >= 15 is 0 Å². The summed E-state index contributed by atoms with van der Waals surface area (Å²) in [5, 5.41) is 6.00. The quantitative estimate of drug-likeness (QED) is 0.682. The number of aromatic nitrogens is 1. The summed E-state index contributed by atoms with van der Waals surface area (Å²) in [5.41, 5.74) is 2.21. The lowest BCUT2D eigenvalue weighted by Crippen LogP contribution is -2.22. The maximum Gasteiger partial charge on any atom is 0.253 e. The van der Waals surface area contributed by atoms with Gasteiger partial charge in [-0.2, -0.15) is 0 Å². The first-order valence-corrected chi connectivity index (χ1v) is 8.48. The number of carbonyl (C=O) groups is 1. The third-order valence-electron chi connectivity index (χ3n) is 3.98. The minimum absolute atomic E-state index is 0.167. The third kappa shape index (κ3) is 4.89. The summed E-state index contributed by atoms with van der Waals surface area (Å²) < 4.78 is 13.6. The molecule has 2 N–H and O–H groups in total. The van der Waals surface area contributed by atoms with Gasteiger partial charge in [-0.25, -0.2) is 9.37 Å². The first kappa shape index (κ1) is 17.6. The van der Waals surface area contributed by atoms with Crippen molar-refractivity contribution in [3.8, 4) is 0 Å². The molecular formula is C21H20FN3O. The number of amides is 1. The van der Waals surface area contributed by atoms with Gasteiger partial charge in [-0.3, -0.25) is 4.79 Å². The highest BCUT2D eigenvalue weighted by molar-refractivity contribution is 5.94. The summed E-state index contributed by atoms with van der Waals surface area (Å²) in [6.07, 6.45) is 2.10. The number of hydrogen-bond acceptors (Lipinski definition) is 3. The van der Waals surface area contributed by atoms with E-state index in [9.17, 15) is 9.18 Å². The van der Waals surface area contributed by atoms with Crippen molar-refractivity contribution in [1.82, 2.24) is 10.3 Å². The minimum Gasteiger partial charge on any atom is -0.370 e. The molecule has 4 nitrogen and oxygen atoms in total. The Labute approximate surface area is 152 Å². The van der Waals surface area contributed by atoms with Gasteiger partial charge in [0.15, 0.2) is 0 Å². The summed E-state index contributed by atoms with van der Waals surface area (Å²) in [6, 6.07) is 19.9. The van der Waals surface area contributed by atoms with E-state index in [1.807, 2.05) is 36.4 Å². The normalized spacial score (nSPS) is 10.3. The van der Waals surface area contributed by atoms with Crippen LogP contribution in [0.3, 0.4) is 0 Å². The number of nitrogens with zero attached hydrogens (tertiary/aromatic N) is 1. The molecule has 0 aliphatic carbocycles. The smallest absolute Gasteiger partial charge is 0.253 e. The zero-order valence-corrected chi connectivity index (χ0v) is 14.3. The van der Waals surface area contributed by atoms with Crippen molar-refractivity contribution in [3.05, 3.63) is 95.4 Å². The van der Waals surface area contributed by atoms with Gasteiger partial charge < -0.3 is 10.6 Å². The van der Waals surface area contributed by atoms with Crippen molar-refractivity contribution >= 4 is 11.7 Å². The zero-order chi connectivity index (χ0) is 18.2. The van der Waals surface area contributed by atoms with Gasteiger partial charge in [0, 0.05) is 19.3 Å². The van der Waals surface area contributed by atoms with Crippen LogP contribution in [0.4, 0.5) is 10.2 Å². The highest BCUT2D eigenvalue weighted by atomic mass is 19.1. The topological polar surface area (TPSA) is 54.0 Å². The molecule has 0 saturated carbocycles. The Bertz CT molecular complexity index is 851. The molecule has 3 rings (SSSR count). The van der Waals surface area contributed by atoms with Crippen molar-refractivity contribution in [2.24, 2.45) is 0 Å². The van der Waals surface area contributed by atoms with Gasteiger partial charge in [0.1, 0.15) is 11.6 Å². The molecule has 5 heteroatoms. The molecule has 26 heavy (non-hydrogen) atoms. The van der Waals surface area contributed by atoms with Crippen LogP contribution in [0, 0.1) is 5.82 Å². The third-order valence-corrected chi connectivity index (χ3v) is 3.98. The molecule has 0 saturated heterocycles. The van der Waals surface area contributed by atoms with Gasteiger partial charge >= 0.3 is 0 Å². The van der Waals surface area contributed by atoms with Crippen molar-refractivity contribution in [2.45, 2.75) is 13.0 Å². The fourth-order valence-electron chi connectivity index (χ4n) is 2.54. The summed E-state index contributed by atoms with van der Waals surface area (Å²) in [6.45, 7) is 1.04. The molecule has 0 atom stereocenters. The Morgan fingerprint density at radius 1 is 0.962 bits per heavy atom. The average Bonchev–Trinajstić information content (AvgIpc) is 2.69. The number of halogens is 1. The van der Waals surface area contributed by atoms with Gasteiger partial charge in [-0.1, -0.05) is 48.5 Å². The van der Waals surface area contributed by atoms with Gasteiger partial charge in [0.25, 0.3) is 5.91 Å². The lowest BCUT2D eigenvalue weighted by atomic mass is 10.1. The Morgan fingerprint density at radius 2 is 1.73 bits per heavy atom. The second kappa shape index (κ2) is 8.76. The minimum atomic E-state index is -0.201. The Kier molecular flexibility index (Phi) is 5.93. The van der Waals surface area contributed by atoms with E-state index < -0.39 is 0 Å². The number of nitrogens with one attached hydrogen (secondary N) is 2. The standard InChI is InChI=1S/C21H20FN3O/c22-19-9-5-4-8-17(19)12-13-23-20-11-10-18(15-24-20)21(26)25-14-16-6-2-1-3-7-16/h1-11,15H,12-14H2,(H,23,24)(H,25,26). The summed E-state index contributed by atoms with van der Waals surface area (Å²) in [4.78, 5) is 16.4. The van der Waals surface area contributed by atoms with Crippen molar-refractivity contribution in [3.63, 3.8) is 0 Å². The molecule has 0 spiro atoms. The predicted molar refractivity (Wildman–Crippen MR) is 100 cm³/mol. The van der Waals surface area contributed by atoms with E-state index in [4.69, 9.17) is 0 Å². The maximum atomic E-state index is 13.6. The van der Waals surface area contributed by atoms with Gasteiger partial charge in [0.2, 0.25) is 0 Å². The van der Waals surface area contributed by atoms with Crippen LogP contribution < -0.4 is 10.6 Å². The molecule has 0 unspecified atom stereocenters. The van der Waals surface area contributed by atoms with Crippen molar-refractivity contribution in [1.29, 1.82) is 0 Å². The van der Waals surface area contributed by atoms with Crippen LogP contribution in [0.1, 0.15) is 21.5 Å². The monoisotopic (exact) mass is 349 g/mol. The Hall–Kier alpha value is -3.21. The van der Waals surface area contributed by atoms with Gasteiger partial charge in [-0.05, 0) is 35.7 Å². The van der Waals surface area contributed by atoms with Crippen LogP contribution in [0.2, 0.25) is 0 Å². The number of benzene rings is 2. The molecule has 1 heterocycles. The number of anilines is 1. The molecule has 2 aromatic carbocycles. The first-order valence-electron chi connectivity index (χ1n) is 8.48. The second-order valence-electron chi connectivity index (χ2n) is 5.87. The molecule has 3 aromatic rings. The van der Waals surface area contributed by atoms with Crippen LogP contribution >= 0.6 is 0 Å². The van der Waals surface area contributed by atoms with Crippen LogP contribution in [-0.2, 0) is 13.0 Å². The molecule has 1 aromatic heterocycles. The second-order valence-corrected chi connectivity index (χ2v) is 5.87. The number of hydrogen-bond donors (Lipinski definition) is 2. The van der Waals surface area contributed by atoms with Crippen LogP contribution in [0.5, 0.6) is 0 Å². The van der Waals surface area contributed by atoms with Crippen LogP contribution in [0.15, 0.2) is 72.9 Å². The molecule has 0 aliphatic rings. The van der Waals surface area contributed by atoms with Gasteiger partial charge in [-0.15, -0.1) is 0 Å². The molecule has 0 bridgehead atoms. The van der Waals surface area contributed by atoms with E-state index in [2.05, 4.69) is 15.6 Å². The fraction of sp³-hybridized carbons (Fsp3) is 0.143. The number of rotatable bonds is 7. The van der Waals surface area contributed by atoms with E-state index in [-0.39, 0.29) is 11.7 Å². The number of pyridine rings is 1. The lowest BCUT2D eigenvalue weighted by molar-refractivity contribution is 0.0950. The molecule has 0 fully saturated rings. The molecule has 1 amide bonds. The molecular weight excluding hydrogens is 329 g/mol. The van der Waals surface area contributed by atoms with E-state index in [1.165, 1.54) is 12.3 Å². The van der Waals surface area contributed by atoms with Crippen molar-refractivity contribution in [2.75, 3.05) is 11.9 Å². The molecule has 0 radical (unpaired) electrons. The molecule has 132 valence electrons. The summed E-state index contributed by atoms with van der Waals surface area (Å²) >= 11 is 0. The Balaban J connectivity index is 1.48. The van der Waals surface area contributed by atoms with Crippen molar-refractivity contribution < 1.29 is 9.18 Å². The highest BCUT2D eigenvalue weighted by Crippen LogP contribution is 2.09. The van der Waals surface area contributed by atoms with E-state index in [0.717, 1.165) is 5.56 Å². The Morgan fingerprint density at radius 3 is 2.46 bits per heavy atom. The van der Waals surface area contributed by atoms with E-state index in [0.29, 0.717) is 36.5 Å². The summed E-state index contributed by atoms with van der Waals surface area (Å²) in [7, 11) is 0. The van der Waals surface area contributed by atoms with Crippen LogP contribution in [0.25, 0.3) is 0 Å². The molecule has 0 aliphatic heterocycles. The van der Waals surface area contributed by atoms with E-state index in [1.54, 1.807) is 24.3 Å². The van der Waals surface area contributed by atoms with Crippen LogP contribution in [-0.4, -0.2) is 17.4 Å². The SMILES string of the molecule is O=C(NCc1ccccc1)c1ccc(NCCc2ccccc2F)nc1. The largest absolute Gasteiger partial charge is 0.370 e. The predicted octanol–water partition coefficient (Wildman–Crippen LogP) is 3.81. The number of carbonyl (C=O) groups excluding carboxylic acids is 1. The summed E-state index contributed by atoms with van der Waals surface area (Å²) in [5.74, 6) is 0.285. The lowest BCUT2D eigenvalue weighted by Gasteiger charge is -2.08. The average molecular weight is 349 g/mol. The fourth-order valence-corrected chi connectivity index (χ4v) is 2.54. The first-order chi connectivity index (χ1) is 12.7. The zero-order valence-electron chi connectivity index (χ0n) is 14.3. The van der Waals surface area contributed by atoms with Gasteiger partial charge in [0.05, 0.1) is 5.56 Å². The maximum absolute atomic E-state index is 13.6. The highest BCUT2D eigenvalue weighted by Gasteiger charge is 2.06.